The second-order valence-electron chi connectivity index (χ2n) is 12.8. The van der Waals surface area contributed by atoms with Crippen molar-refractivity contribution in [1.82, 2.24) is 0 Å². The van der Waals surface area contributed by atoms with E-state index in [2.05, 4.69) is 0 Å². The molecule has 5 rings (SSSR count). The van der Waals surface area contributed by atoms with Gasteiger partial charge in [0.15, 0.2) is 5.78 Å². The average molecular weight is 545 g/mol. The lowest BCUT2D eigenvalue weighted by Gasteiger charge is -2.64. The number of rotatable bonds is 4. The largest absolute Gasteiger partial charge is 0.465 e. The minimum atomic E-state index is -2.02. The number of ketones is 1. The fourth-order valence-electron chi connectivity index (χ4n) is 8.83. The van der Waals surface area contributed by atoms with Crippen LogP contribution in [0, 0.1) is 22.7 Å². The quantitative estimate of drug-likeness (QED) is 0.390. The second-order valence-corrected chi connectivity index (χ2v) is 12.8. The van der Waals surface area contributed by atoms with E-state index >= 15 is 0 Å². The maximum atomic E-state index is 13.3. The molecule has 0 bridgehead atoms. The molecule has 9 nitrogen and oxygen atoms in total. The molecule has 214 valence electrons. The Balaban J connectivity index is 1.62. The van der Waals surface area contributed by atoms with E-state index < -0.39 is 57.7 Å². The van der Waals surface area contributed by atoms with Crippen LogP contribution in [-0.4, -0.2) is 73.8 Å². The van der Waals surface area contributed by atoms with Crippen LogP contribution in [-0.2, 0) is 23.9 Å². The Labute approximate surface area is 228 Å². The summed E-state index contributed by atoms with van der Waals surface area (Å²) in [7, 11) is 0. The molecule has 9 atom stereocenters. The topological polar surface area (TPSA) is 151 Å². The average Bonchev–Trinajstić information content (AvgIpc) is 3.11. The highest BCUT2D eigenvalue weighted by Crippen LogP contribution is 2.71. The smallest absolute Gasteiger partial charge is 0.334 e. The van der Waals surface area contributed by atoms with Crippen LogP contribution in [0.1, 0.15) is 73.1 Å². The Morgan fingerprint density at radius 1 is 1.18 bits per heavy atom. The molecule has 9 unspecified atom stereocenters. The molecule has 5 aliphatic rings. The summed E-state index contributed by atoms with van der Waals surface area (Å²) in [6.45, 7) is 7.52. The van der Waals surface area contributed by atoms with E-state index in [0.29, 0.717) is 17.6 Å². The van der Waals surface area contributed by atoms with Gasteiger partial charge in [-0.2, -0.15) is 0 Å². The predicted octanol–water partition coefficient (Wildman–Crippen LogP) is 2.06. The molecule has 0 radical (unpaired) electrons. The third-order valence-corrected chi connectivity index (χ3v) is 11.4. The van der Waals surface area contributed by atoms with Gasteiger partial charge in [0.1, 0.15) is 23.9 Å². The van der Waals surface area contributed by atoms with Crippen molar-refractivity contribution < 1.29 is 44.3 Å². The van der Waals surface area contributed by atoms with Crippen molar-refractivity contribution in [3.05, 3.63) is 34.9 Å². The lowest BCUT2D eigenvalue weighted by molar-refractivity contribution is -0.297. The zero-order valence-electron chi connectivity index (χ0n) is 23.3. The molecule has 0 aromatic heterocycles. The van der Waals surface area contributed by atoms with Gasteiger partial charge in [-0.3, -0.25) is 9.59 Å². The highest BCUT2D eigenvalue weighted by atomic mass is 16.6. The molecular formula is C30H40O9. The molecule has 0 aromatic rings. The normalized spacial score (nSPS) is 45.0. The van der Waals surface area contributed by atoms with Gasteiger partial charge in [-0.15, -0.1) is 0 Å². The molecule has 1 aliphatic heterocycles. The number of allylic oxidation sites excluding steroid dienone is 3. The van der Waals surface area contributed by atoms with Crippen molar-refractivity contribution in [3.63, 3.8) is 0 Å². The van der Waals surface area contributed by atoms with Gasteiger partial charge in [-0.25, -0.2) is 4.79 Å². The van der Waals surface area contributed by atoms with Crippen LogP contribution < -0.4 is 0 Å². The van der Waals surface area contributed by atoms with Gasteiger partial charge in [0.25, 0.3) is 0 Å². The molecule has 0 saturated heterocycles. The monoisotopic (exact) mass is 544 g/mol. The summed E-state index contributed by atoms with van der Waals surface area (Å²) in [5.74, 6) is -2.29. The fraction of sp³-hybridized carbons (Fsp3) is 0.700. The van der Waals surface area contributed by atoms with Crippen molar-refractivity contribution in [1.29, 1.82) is 0 Å². The highest BCUT2D eigenvalue weighted by Gasteiger charge is 2.79. The van der Waals surface area contributed by atoms with Gasteiger partial charge in [-0.05, 0) is 83.3 Å². The van der Waals surface area contributed by atoms with Crippen LogP contribution in [0.4, 0.5) is 0 Å². The van der Waals surface area contributed by atoms with E-state index in [0.717, 1.165) is 5.57 Å². The predicted molar refractivity (Wildman–Crippen MR) is 139 cm³/mol. The molecule has 3 saturated carbocycles. The molecule has 4 aliphatic carbocycles. The molecule has 0 aromatic carbocycles. The molecule has 0 amide bonds. The maximum absolute atomic E-state index is 13.3. The van der Waals surface area contributed by atoms with Crippen molar-refractivity contribution in [2.75, 3.05) is 6.61 Å². The van der Waals surface area contributed by atoms with Crippen LogP contribution in [0.5, 0.6) is 0 Å². The van der Waals surface area contributed by atoms with Gasteiger partial charge < -0.3 is 29.9 Å². The number of carbonyl (C=O) groups excluding carboxylic acids is 3. The minimum Gasteiger partial charge on any atom is -0.465 e. The van der Waals surface area contributed by atoms with E-state index in [1.165, 1.54) is 19.9 Å². The number of carbonyl (C=O) groups is 3. The van der Waals surface area contributed by atoms with Crippen LogP contribution in [0.25, 0.3) is 0 Å². The van der Waals surface area contributed by atoms with Gasteiger partial charge in [0.2, 0.25) is 0 Å². The Morgan fingerprint density at radius 3 is 2.51 bits per heavy atom. The van der Waals surface area contributed by atoms with Crippen molar-refractivity contribution in [2.24, 2.45) is 22.7 Å². The van der Waals surface area contributed by atoms with Gasteiger partial charge in [0.05, 0.1) is 22.5 Å². The number of fused-ring (bicyclic) bond motifs is 5. The summed E-state index contributed by atoms with van der Waals surface area (Å²) in [5, 5.41) is 48.6. The first-order chi connectivity index (χ1) is 18.1. The van der Waals surface area contributed by atoms with Crippen molar-refractivity contribution in [3.8, 4) is 0 Å². The van der Waals surface area contributed by atoms with Crippen LogP contribution in [0.2, 0.25) is 0 Å². The molecule has 39 heavy (non-hydrogen) atoms. The van der Waals surface area contributed by atoms with Gasteiger partial charge in [-0.1, -0.05) is 17.7 Å². The molecular weight excluding hydrogens is 504 g/mol. The zero-order chi connectivity index (χ0) is 28.8. The first-order valence-corrected chi connectivity index (χ1v) is 13.9. The molecule has 9 heteroatoms. The summed E-state index contributed by atoms with van der Waals surface area (Å²) < 4.78 is 11.1. The Hall–Kier alpha value is -2.33. The SMILES string of the molecule is CC(=O)OCC12CCC3C(CC(O)C4=CC=CC(=O)C43C)C1(O)CCC2(O)C(C)(O)C1CC(C)=C(C)C(=O)O1. The number of cyclic esters (lactones) is 1. The number of aliphatic hydroxyl groups is 4. The van der Waals surface area contributed by atoms with E-state index in [9.17, 15) is 34.8 Å². The van der Waals surface area contributed by atoms with E-state index in [4.69, 9.17) is 9.47 Å². The first-order valence-electron chi connectivity index (χ1n) is 13.9. The van der Waals surface area contributed by atoms with Crippen molar-refractivity contribution >= 4 is 17.7 Å². The lowest BCUT2D eigenvalue weighted by Crippen LogP contribution is -2.75. The fourth-order valence-corrected chi connectivity index (χ4v) is 8.83. The number of ether oxygens (including phenoxy) is 2. The van der Waals surface area contributed by atoms with Crippen molar-refractivity contribution in [2.45, 2.75) is 102 Å². The number of hydrogen-bond acceptors (Lipinski definition) is 9. The van der Waals surface area contributed by atoms with Crippen LogP contribution in [0.3, 0.4) is 0 Å². The highest BCUT2D eigenvalue weighted by molar-refractivity contribution is 5.99. The number of aliphatic hydroxyl groups excluding tert-OH is 1. The summed E-state index contributed by atoms with van der Waals surface area (Å²) >= 11 is 0. The van der Waals surface area contributed by atoms with Crippen LogP contribution in [0.15, 0.2) is 34.9 Å². The lowest BCUT2D eigenvalue weighted by atomic mass is 9.43. The molecule has 1 heterocycles. The number of esters is 2. The third-order valence-electron chi connectivity index (χ3n) is 11.4. The molecule has 0 spiro atoms. The van der Waals surface area contributed by atoms with E-state index in [1.54, 1.807) is 26.0 Å². The standard InChI is InChI=1S/C30H40O9/c1-16-13-24(39-25(34)17(16)2)27(5,35)30(37)12-11-29(36)21-14-22(32)20-7-6-8-23(33)26(20,4)19(21)9-10-28(29,30)15-38-18(3)31/h6-8,19,21-22,24,32,35-37H,9-15H2,1-5H3. The molecule has 4 N–H and O–H groups in total. The Morgan fingerprint density at radius 2 is 1.87 bits per heavy atom. The third kappa shape index (κ3) is 3.49. The van der Waals surface area contributed by atoms with E-state index in [1.807, 2.05) is 6.92 Å². The van der Waals surface area contributed by atoms with Gasteiger partial charge in [0, 0.05) is 18.9 Å². The Kier molecular flexibility index (Phi) is 6.39. The minimum absolute atomic E-state index is 0.0441. The summed E-state index contributed by atoms with van der Waals surface area (Å²) in [6.07, 6.45) is 3.71. The summed E-state index contributed by atoms with van der Waals surface area (Å²) in [6, 6.07) is 0. The summed E-state index contributed by atoms with van der Waals surface area (Å²) in [4.78, 5) is 37.9. The number of hydrogen-bond donors (Lipinski definition) is 4. The summed E-state index contributed by atoms with van der Waals surface area (Å²) in [5.41, 5.74) is -6.50. The second kappa shape index (κ2) is 8.83. The first kappa shape index (κ1) is 28.2. The molecule has 3 fully saturated rings. The van der Waals surface area contributed by atoms with Crippen LogP contribution >= 0.6 is 0 Å². The van der Waals surface area contributed by atoms with E-state index in [-0.39, 0.29) is 50.4 Å². The maximum Gasteiger partial charge on any atom is 0.334 e. The Bertz CT molecular complexity index is 1210. The van der Waals surface area contributed by atoms with Gasteiger partial charge >= 0.3 is 11.9 Å². The zero-order valence-corrected chi connectivity index (χ0v) is 23.3.